The van der Waals surface area contributed by atoms with Crippen LogP contribution in [0.4, 0.5) is 10.1 Å². The number of nitrogens with one attached hydrogen (secondary N) is 3. The second-order valence-corrected chi connectivity index (χ2v) is 9.76. The van der Waals surface area contributed by atoms with Gasteiger partial charge in [-0.25, -0.2) is 9.37 Å². The molecule has 0 radical (unpaired) electrons. The lowest BCUT2D eigenvalue weighted by Crippen LogP contribution is -2.20. The number of likely N-dealkylation sites (N-methyl/N-ethyl adjacent to an activating group) is 1. The first kappa shape index (κ1) is 26.1. The van der Waals surface area contributed by atoms with Crippen molar-refractivity contribution in [3.63, 3.8) is 0 Å². The molecule has 0 spiro atoms. The Kier molecular flexibility index (Phi) is 7.38. The lowest BCUT2D eigenvalue weighted by Gasteiger charge is -2.12. The zero-order valence-electron chi connectivity index (χ0n) is 22.6. The predicted octanol–water partition coefficient (Wildman–Crippen LogP) is 6.82. The number of nitrogens with zero attached hydrogens (tertiary/aromatic N) is 4. The fourth-order valence-corrected chi connectivity index (χ4v) is 4.52. The monoisotopic (exact) mass is 521 g/mol. The standard InChI is InChI=1S/C31H32FN7/c1-6-19(3)14-20(7-2)25-8-9-27-30(36-25)31(38-37-27)28-18-24-26(35-28)10-11-34-29(24)21-15-22(32)17-23(16-21)33-12-13-39(4)5/h6-11,14-18,33,35H,1,12-13H2,2-5H3,(H,37,38)/b19-14-,20-7+. The van der Waals surface area contributed by atoms with Crippen LogP contribution in [0.1, 0.15) is 19.5 Å². The number of allylic oxidation sites excluding steroid dienone is 5. The van der Waals surface area contributed by atoms with E-state index in [0.717, 1.165) is 56.7 Å². The summed E-state index contributed by atoms with van der Waals surface area (Å²) < 4.78 is 14.6. The van der Waals surface area contributed by atoms with Crippen molar-refractivity contribution in [2.45, 2.75) is 13.8 Å². The number of halogens is 1. The lowest BCUT2D eigenvalue weighted by molar-refractivity contribution is 0.425. The van der Waals surface area contributed by atoms with Gasteiger partial charge in [-0.2, -0.15) is 5.10 Å². The molecule has 4 aromatic heterocycles. The van der Waals surface area contributed by atoms with Gasteiger partial charge in [0.25, 0.3) is 0 Å². The van der Waals surface area contributed by atoms with Crippen LogP contribution in [0.15, 0.2) is 79.0 Å². The molecule has 5 rings (SSSR count). The Morgan fingerprint density at radius 2 is 1.95 bits per heavy atom. The summed E-state index contributed by atoms with van der Waals surface area (Å²) in [5, 5.41) is 11.9. The van der Waals surface area contributed by atoms with Gasteiger partial charge in [0, 0.05) is 41.4 Å². The maximum Gasteiger partial charge on any atom is 0.135 e. The van der Waals surface area contributed by atoms with E-state index in [0.29, 0.717) is 23.5 Å². The number of hydrogen-bond acceptors (Lipinski definition) is 5. The third-order valence-corrected chi connectivity index (χ3v) is 6.58. The summed E-state index contributed by atoms with van der Waals surface area (Å²) in [6.45, 7) is 9.40. The first-order chi connectivity index (χ1) is 18.9. The molecule has 0 bridgehead atoms. The third kappa shape index (κ3) is 5.51. The number of aromatic amines is 2. The Morgan fingerprint density at radius 1 is 1.10 bits per heavy atom. The number of fused-ring (bicyclic) bond motifs is 2. The summed E-state index contributed by atoms with van der Waals surface area (Å²) >= 11 is 0. The Morgan fingerprint density at radius 3 is 2.72 bits per heavy atom. The van der Waals surface area contributed by atoms with E-state index in [4.69, 9.17) is 4.98 Å². The maximum atomic E-state index is 14.6. The molecule has 0 aliphatic rings. The van der Waals surface area contributed by atoms with Crippen LogP contribution in [-0.2, 0) is 0 Å². The van der Waals surface area contributed by atoms with Crippen molar-refractivity contribution in [2.24, 2.45) is 0 Å². The van der Waals surface area contributed by atoms with Crippen molar-refractivity contribution in [3.05, 3.63) is 90.6 Å². The minimum Gasteiger partial charge on any atom is -0.384 e. The molecule has 7 nitrogen and oxygen atoms in total. The molecule has 0 aliphatic carbocycles. The SMILES string of the molecule is C=C/C(C)=C\C(=C/C)c1ccc2[nH]nc(-c3cc4c(-c5cc(F)cc(NCCN(C)C)c5)nccc4[nH]3)c2n1. The summed E-state index contributed by atoms with van der Waals surface area (Å²) in [4.78, 5) is 15.1. The maximum absolute atomic E-state index is 14.6. The highest BCUT2D eigenvalue weighted by Crippen LogP contribution is 2.34. The second-order valence-electron chi connectivity index (χ2n) is 9.76. The van der Waals surface area contributed by atoms with Crippen LogP contribution in [0.5, 0.6) is 0 Å². The van der Waals surface area contributed by atoms with Crippen molar-refractivity contribution in [1.82, 2.24) is 30.0 Å². The topological polar surface area (TPSA) is 85.5 Å². The Bertz CT molecular complexity index is 1720. The molecule has 3 N–H and O–H groups in total. The highest BCUT2D eigenvalue weighted by Gasteiger charge is 2.17. The summed E-state index contributed by atoms with van der Waals surface area (Å²) in [5.41, 5.74) is 9.01. The van der Waals surface area contributed by atoms with Gasteiger partial charge >= 0.3 is 0 Å². The van der Waals surface area contributed by atoms with Crippen LogP contribution in [-0.4, -0.2) is 57.2 Å². The lowest BCUT2D eigenvalue weighted by atomic mass is 10.1. The molecular weight excluding hydrogens is 489 g/mol. The average molecular weight is 522 g/mol. The number of aromatic nitrogens is 5. The van der Waals surface area contributed by atoms with Crippen molar-refractivity contribution in [2.75, 3.05) is 32.5 Å². The minimum atomic E-state index is -0.315. The summed E-state index contributed by atoms with van der Waals surface area (Å²) in [5.74, 6) is -0.315. The van der Waals surface area contributed by atoms with E-state index in [1.807, 2.05) is 70.4 Å². The molecule has 0 saturated heterocycles. The molecule has 4 heterocycles. The highest BCUT2D eigenvalue weighted by atomic mass is 19.1. The summed E-state index contributed by atoms with van der Waals surface area (Å²) in [7, 11) is 4.01. The van der Waals surface area contributed by atoms with Crippen LogP contribution in [0, 0.1) is 5.82 Å². The van der Waals surface area contributed by atoms with Crippen LogP contribution < -0.4 is 5.32 Å². The van der Waals surface area contributed by atoms with Crippen molar-refractivity contribution >= 4 is 33.2 Å². The van der Waals surface area contributed by atoms with Crippen molar-refractivity contribution in [3.8, 4) is 22.6 Å². The van der Waals surface area contributed by atoms with Gasteiger partial charge in [-0.3, -0.25) is 10.1 Å². The zero-order chi connectivity index (χ0) is 27.5. The van der Waals surface area contributed by atoms with E-state index in [9.17, 15) is 4.39 Å². The first-order valence-electron chi connectivity index (χ1n) is 12.9. The average Bonchev–Trinajstić information content (AvgIpc) is 3.54. The molecule has 0 fully saturated rings. The predicted molar refractivity (Wildman–Crippen MR) is 159 cm³/mol. The first-order valence-corrected chi connectivity index (χ1v) is 12.9. The molecular formula is C31H32FN7. The molecule has 8 heteroatoms. The van der Waals surface area contributed by atoms with Crippen LogP contribution in [0.25, 0.3) is 50.2 Å². The fraction of sp³-hybridized carbons (Fsp3) is 0.194. The van der Waals surface area contributed by atoms with Crippen molar-refractivity contribution < 1.29 is 4.39 Å². The number of anilines is 1. The summed E-state index contributed by atoms with van der Waals surface area (Å²) in [6, 6.07) is 12.8. The van der Waals surface area contributed by atoms with E-state index in [1.54, 1.807) is 6.20 Å². The largest absolute Gasteiger partial charge is 0.384 e. The van der Waals surface area contributed by atoms with Gasteiger partial charge in [-0.05, 0) is 76.0 Å². The van der Waals surface area contributed by atoms with Crippen LogP contribution in [0.3, 0.4) is 0 Å². The molecule has 0 unspecified atom stereocenters. The molecule has 0 saturated carbocycles. The number of rotatable bonds is 9. The molecule has 1 aromatic carbocycles. The van der Waals surface area contributed by atoms with E-state index < -0.39 is 0 Å². The van der Waals surface area contributed by atoms with Gasteiger partial charge in [-0.1, -0.05) is 30.4 Å². The fourth-order valence-electron chi connectivity index (χ4n) is 4.52. The molecule has 5 aromatic rings. The van der Waals surface area contributed by atoms with Gasteiger partial charge in [-0.15, -0.1) is 0 Å². The van der Waals surface area contributed by atoms with E-state index in [2.05, 4.69) is 43.0 Å². The molecule has 0 amide bonds. The van der Waals surface area contributed by atoms with Crippen molar-refractivity contribution in [1.29, 1.82) is 0 Å². The molecule has 198 valence electrons. The van der Waals surface area contributed by atoms with Gasteiger partial charge in [0.2, 0.25) is 0 Å². The smallest absolute Gasteiger partial charge is 0.135 e. The zero-order valence-corrected chi connectivity index (χ0v) is 22.6. The number of benzene rings is 1. The van der Waals surface area contributed by atoms with Gasteiger partial charge < -0.3 is 15.2 Å². The van der Waals surface area contributed by atoms with Gasteiger partial charge in [0.1, 0.15) is 17.0 Å². The Balaban J connectivity index is 1.55. The van der Waals surface area contributed by atoms with E-state index >= 15 is 0 Å². The number of H-pyrrole nitrogens is 2. The Labute approximate surface area is 227 Å². The van der Waals surface area contributed by atoms with Crippen LogP contribution >= 0.6 is 0 Å². The normalized spacial score (nSPS) is 12.6. The Hall–Kier alpha value is -4.56. The number of pyridine rings is 2. The quantitative estimate of drug-likeness (QED) is 0.185. The minimum absolute atomic E-state index is 0.315. The van der Waals surface area contributed by atoms with Gasteiger partial charge in [0.05, 0.1) is 22.6 Å². The highest BCUT2D eigenvalue weighted by molar-refractivity contribution is 5.99. The van der Waals surface area contributed by atoms with Crippen LogP contribution in [0.2, 0.25) is 0 Å². The molecule has 0 aliphatic heterocycles. The number of hydrogen-bond donors (Lipinski definition) is 3. The van der Waals surface area contributed by atoms with E-state index in [-0.39, 0.29) is 5.82 Å². The molecule has 39 heavy (non-hydrogen) atoms. The third-order valence-electron chi connectivity index (χ3n) is 6.58. The van der Waals surface area contributed by atoms with Gasteiger partial charge in [0.15, 0.2) is 0 Å². The second kappa shape index (κ2) is 11.0. The van der Waals surface area contributed by atoms with E-state index in [1.165, 1.54) is 12.1 Å². The molecule has 0 atom stereocenters. The summed E-state index contributed by atoms with van der Waals surface area (Å²) in [6.07, 6.45) is 7.64.